The van der Waals surface area contributed by atoms with Gasteiger partial charge in [-0.15, -0.1) is 11.6 Å². The molecule has 3 nitrogen and oxygen atoms in total. The van der Waals surface area contributed by atoms with Crippen molar-refractivity contribution < 1.29 is 9.53 Å². The van der Waals surface area contributed by atoms with E-state index in [4.69, 9.17) is 21.6 Å². The van der Waals surface area contributed by atoms with E-state index < -0.39 is 0 Å². The summed E-state index contributed by atoms with van der Waals surface area (Å²) in [5, 5.41) is 8.82. The highest BCUT2D eigenvalue weighted by molar-refractivity contribution is 6.24. The fourth-order valence-electron chi connectivity index (χ4n) is 5.20. The summed E-state index contributed by atoms with van der Waals surface area (Å²) in [6.07, 6.45) is 5.93. The lowest BCUT2D eigenvalue weighted by atomic mass is 9.49. The molecule has 1 aromatic carbocycles. The minimum absolute atomic E-state index is 0.128. The third-order valence-electron chi connectivity index (χ3n) is 5.62. The van der Waals surface area contributed by atoms with Gasteiger partial charge in [-0.05, 0) is 74.6 Å². The highest BCUT2D eigenvalue weighted by atomic mass is 35.5. The van der Waals surface area contributed by atoms with Gasteiger partial charge < -0.3 is 4.74 Å². The third kappa shape index (κ3) is 2.21. The molecular formula is C18H18ClNO2. The summed E-state index contributed by atoms with van der Waals surface area (Å²) >= 11 is 6.76. The number of ether oxygens (including phenoxy) is 1. The summed E-state index contributed by atoms with van der Waals surface area (Å²) in [6.45, 7) is 0. The van der Waals surface area contributed by atoms with Crippen molar-refractivity contribution in [2.45, 2.75) is 43.4 Å². The van der Waals surface area contributed by atoms with E-state index in [0.29, 0.717) is 23.1 Å². The Morgan fingerprint density at radius 2 is 1.82 bits per heavy atom. The molecule has 0 aromatic heterocycles. The minimum Gasteiger partial charge on any atom is -0.426 e. The SMILES string of the molecule is N#Cc1ccc(OC(=O)C23CC4CC(CC(Cl)(C4)C2)C3)cc1. The Hall–Kier alpha value is -1.53. The molecule has 4 saturated carbocycles. The van der Waals surface area contributed by atoms with Crippen molar-refractivity contribution in [2.24, 2.45) is 17.3 Å². The number of esters is 1. The normalized spacial score (nSPS) is 38.5. The van der Waals surface area contributed by atoms with Crippen LogP contribution < -0.4 is 4.74 Å². The lowest BCUT2D eigenvalue weighted by Gasteiger charge is -2.58. The van der Waals surface area contributed by atoms with Crippen molar-refractivity contribution >= 4 is 17.6 Å². The topological polar surface area (TPSA) is 50.1 Å². The first-order valence-electron chi connectivity index (χ1n) is 7.92. The van der Waals surface area contributed by atoms with Crippen LogP contribution in [0.4, 0.5) is 0 Å². The Morgan fingerprint density at radius 3 is 2.36 bits per heavy atom. The third-order valence-corrected chi connectivity index (χ3v) is 6.06. The van der Waals surface area contributed by atoms with Crippen molar-refractivity contribution in [3.05, 3.63) is 29.8 Å². The Morgan fingerprint density at radius 1 is 1.18 bits per heavy atom. The van der Waals surface area contributed by atoms with Crippen LogP contribution in [-0.4, -0.2) is 10.8 Å². The van der Waals surface area contributed by atoms with Gasteiger partial charge in [0.15, 0.2) is 0 Å². The van der Waals surface area contributed by atoms with Gasteiger partial charge in [0, 0.05) is 4.87 Å². The van der Waals surface area contributed by atoms with Crippen LogP contribution in [0.25, 0.3) is 0 Å². The largest absolute Gasteiger partial charge is 0.426 e. The quantitative estimate of drug-likeness (QED) is 0.470. The van der Waals surface area contributed by atoms with Gasteiger partial charge in [-0.25, -0.2) is 0 Å². The van der Waals surface area contributed by atoms with Gasteiger partial charge in [0.1, 0.15) is 5.75 Å². The summed E-state index contributed by atoms with van der Waals surface area (Å²) in [4.78, 5) is 12.6. The molecule has 0 radical (unpaired) electrons. The fraction of sp³-hybridized carbons (Fsp3) is 0.556. The molecule has 4 fully saturated rings. The van der Waals surface area contributed by atoms with E-state index in [2.05, 4.69) is 6.07 Å². The number of alkyl halides is 1. The Balaban J connectivity index is 1.56. The smallest absolute Gasteiger partial charge is 0.317 e. The van der Waals surface area contributed by atoms with E-state index in [0.717, 1.165) is 32.1 Å². The molecule has 0 spiro atoms. The van der Waals surface area contributed by atoms with E-state index in [1.165, 1.54) is 6.42 Å². The molecule has 5 rings (SSSR count). The zero-order valence-electron chi connectivity index (χ0n) is 12.3. The summed E-state index contributed by atoms with van der Waals surface area (Å²) in [5.74, 6) is 1.54. The van der Waals surface area contributed by atoms with Crippen molar-refractivity contribution in [2.75, 3.05) is 0 Å². The van der Waals surface area contributed by atoms with Gasteiger partial charge >= 0.3 is 5.97 Å². The van der Waals surface area contributed by atoms with Gasteiger partial charge in [0.25, 0.3) is 0 Å². The molecule has 0 saturated heterocycles. The first kappa shape index (κ1) is 14.1. The first-order chi connectivity index (χ1) is 10.5. The lowest BCUT2D eigenvalue weighted by Crippen LogP contribution is -2.56. The molecule has 4 bridgehead atoms. The number of hydrogen-bond donors (Lipinski definition) is 0. The van der Waals surface area contributed by atoms with Crippen LogP contribution in [0, 0.1) is 28.6 Å². The molecule has 2 unspecified atom stereocenters. The molecule has 0 aliphatic heterocycles. The molecule has 1 aromatic rings. The lowest BCUT2D eigenvalue weighted by molar-refractivity contribution is -0.159. The van der Waals surface area contributed by atoms with Gasteiger partial charge in [-0.3, -0.25) is 4.79 Å². The van der Waals surface area contributed by atoms with E-state index >= 15 is 0 Å². The van der Waals surface area contributed by atoms with Crippen LogP contribution in [0.1, 0.15) is 44.1 Å². The van der Waals surface area contributed by atoms with Gasteiger partial charge in [-0.1, -0.05) is 0 Å². The first-order valence-corrected chi connectivity index (χ1v) is 8.30. The molecule has 114 valence electrons. The maximum absolute atomic E-state index is 12.8. The van der Waals surface area contributed by atoms with Gasteiger partial charge in [-0.2, -0.15) is 5.26 Å². The van der Waals surface area contributed by atoms with Crippen molar-refractivity contribution in [3.63, 3.8) is 0 Å². The summed E-state index contributed by atoms with van der Waals surface area (Å²) < 4.78 is 5.64. The Bertz CT molecular complexity index is 647. The zero-order valence-corrected chi connectivity index (χ0v) is 13.1. The number of carbonyl (C=O) groups is 1. The predicted molar refractivity (Wildman–Crippen MR) is 82.5 cm³/mol. The summed E-state index contributed by atoms with van der Waals surface area (Å²) in [6, 6.07) is 8.78. The zero-order chi connectivity index (χ0) is 15.4. The van der Waals surface area contributed by atoms with E-state index in [1.807, 2.05) is 0 Å². The molecule has 4 heteroatoms. The second-order valence-corrected chi connectivity index (χ2v) is 8.22. The number of rotatable bonds is 2. The van der Waals surface area contributed by atoms with Crippen molar-refractivity contribution in [3.8, 4) is 11.8 Å². The summed E-state index contributed by atoms with van der Waals surface area (Å²) in [7, 11) is 0. The maximum atomic E-state index is 12.8. The maximum Gasteiger partial charge on any atom is 0.317 e. The molecule has 4 aliphatic rings. The van der Waals surface area contributed by atoms with E-state index in [-0.39, 0.29) is 16.3 Å². The van der Waals surface area contributed by atoms with Crippen LogP contribution in [0.2, 0.25) is 0 Å². The highest BCUT2D eigenvalue weighted by Crippen LogP contribution is 2.64. The van der Waals surface area contributed by atoms with Gasteiger partial charge in [0.2, 0.25) is 0 Å². The molecule has 2 atom stereocenters. The second-order valence-electron chi connectivity index (χ2n) is 7.42. The number of carbonyl (C=O) groups excluding carboxylic acids is 1. The van der Waals surface area contributed by atoms with Crippen molar-refractivity contribution in [1.82, 2.24) is 0 Å². The van der Waals surface area contributed by atoms with Crippen LogP contribution in [0.5, 0.6) is 5.75 Å². The minimum atomic E-state index is -0.389. The Kier molecular flexibility index (Phi) is 3.03. The average molecular weight is 316 g/mol. The molecule has 4 aliphatic carbocycles. The number of halogens is 1. The number of nitrogens with zero attached hydrogens (tertiary/aromatic N) is 1. The molecule has 0 N–H and O–H groups in total. The molecule has 22 heavy (non-hydrogen) atoms. The predicted octanol–water partition coefficient (Wildman–Crippen LogP) is 4.04. The van der Waals surface area contributed by atoms with Crippen LogP contribution in [0.3, 0.4) is 0 Å². The summed E-state index contributed by atoms with van der Waals surface area (Å²) in [5.41, 5.74) is 0.175. The number of benzene rings is 1. The van der Waals surface area contributed by atoms with E-state index in [9.17, 15) is 4.79 Å². The molecule has 0 heterocycles. The van der Waals surface area contributed by atoms with Crippen molar-refractivity contribution in [1.29, 1.82) is 5.26 Å². The second kappa shape index (κ2) is 4.73. The molecule has 0 amide bonds. The van der Waals surface area contributed by atoms with Gasteiger partial charge in [0.05, 0.1) is 17.0 Å². The average Bonchev–Trinajstić information content (AvgIpc) is 2.45. The van der Waals surface area contributed by atoms with Crippen LogP contribution in [-0.2, 0) is 4.79 Å². The van der Waals surface area contributed by atoms with Crippen LogP contribution >= 0.6 is 11.6 Å². The fourth-order valence-corrected chi connectivity index (χ4v) is 5.89. The standard InChI is InChI=1S/C18H18ClNO2/c19-18-8-13-5-14(9-18)7-17(6-13,11-18)16(21)22-15-3-1-12(10-20)2-4-15/h1-4,13-14H,5-9,11H2. The molecular weight excluding hydrogens is 298 g/mol. The number of hydrogen-bond acceptors (Lipinski definition) is 3. The highest BCUT2D eigenvalue weighted by Gasteiger charge is 2.60. The monoisotopic (exact) mass is 315 g/mol. The van der Waals surface area contributed by atoms with E-state index in [1.54, 1.807) is 24.3 Å². The number of nitriles is 1. The Labute approximate surface area is 135 Å². The van der Waals surface area contributed by atoms with Crippen LogP contribution in [0.15, 0.2) is 24.3 Å².